The van der Waals surface area contributed by atoms with Crippen LogP contribution in [0.5, 0.6) is 0 Å². The van der Waals surface area contributed by atoms with E-state index in [9.17, 15) is 4.79 Å². The molecule has 4 nitrogen and oxygen atoms in total. The number of hydrogen-bond acceptors (Lipinski definition) is 2. The third-order valence-electron chi connectivity index (χ3n) is 4.78. The smallest absolute Gasteiger partial charge is 0.214 e. The van der Waals surface area contributed by atoms with Crippen molar-refractivity contribution in [3.63, 3.8) is 0 Å². The van der Waals surface area contributed by atoms with E-state index in [1.54, 1.807) is 0 Å². The Morgan fingerprint density at radius 3 is 2.39 bits per heavy atom. The summed E-state index contributed by atoms with van der Waals surface area (Å²) in [5.74, 6) is 0. The van der Waals surface area contributed by atoms with Gasteiger partial charge >= 0.3 is 0 Å². The highest BCUT2D eigenvalue weighted by Gasteiger charge is 2.21. The summed E-state index contributed by atoms with van der Waals surface area (Å²) in [5.41, 5.74) is 3.64. The molecule has 0 unspecified atom stereocenters. The fourth-order valence-electron chi connectivity index (χ4n) is 3.43. The minimum Gasteiger partial charge on any atom is -0.335 e. The SMILES string of the molecule is Cn1c(C#N)ccc1-c1ccc(N(C=O)C2CCCCC2)cc1. The largest absolute Gasteiger partial charge is 0.335 e. The van der Waals surface area contributed by atoms with Gasteiger partial charge in [0.2, 0.25) is 6.41 Å². The molecule has 4 heteroatoms. The van der Waals surface area contributed by atoms with Gasteiger partial charge in [-0.25, -0.2) is 0 Å². The molecule has 1 amide bonds. The lowest BCUT2D eigenvalue weighted by atomic mass is 9.94. The number of amides is 1. The Bertz CT molecular complexity index is 718. The van der Waals surface area contributed by atoms with Crippen molar-refractivity contribution in [2.24, 2.45) is 7.05 Å². The van der Waals surface area contributed by atoms with Crippen LogP contribution in [0.3, 0.4) is 0 Å². The predicted octanol–water partition coefficient (Wildman–Crippen LogP) is 3.86. The van der Waals surface area contributed by atoms with Gasteiger partial charge in [-0.15, -0.1) is 0 Å². The molecule has 0 radical (unpaired) electrons. The lowest BCUT2D eigenvalue weighted by Gasteiger charge is -2.31. The van der Waals surface area contributed by atoms with Crippen molar-refractivity contribution in [3.8, 4) is 17.3 Å². The summed E-state index contributed by atoms with van der Waals surface area (Å²) >= 11 is 0. The molecule has 3 rings (SSSR count). The number of rotatable bonds is 4. The van der Waals surface area contributed by atoms with E-state index in [4.69, 9.17) is 5.26 Å². The normalized spacial score (nSPS) is 15.1. The van der Waals surface area contributed by atoms with Crippen LogP contribution < -0.4 is 4.90 Å². The second kappa shape index (κ2) is 6.70. The highest BCUT2D eigenvalue weighted by Crippen LogP contribution is 2.29. The Morgan fingerprint density at radius 1 is 1.13 bits per heavy atom. The summed E-state index contributed by atoms with van der Waals surface area (Å²) in [6, 6.07) is 14.3. The third-order valence-corrected chi connectivity index (χ3v) is 4.78. The number of anilines is 1. The zero-order valence-corrected chi connectivity index (χ0v) is 13.4. The molecule has 1 fully saturated rings. The van der Waals surface area contributed by atoms with Crippen molar-refractivity contribution in [3.05, 3.63) is 42.1 Å². The molecule has 0 bridgehead atoms. The minimum absolute atomic E-state index is 0.326. The molecule has 1 aliphatic carbocycles. The van der Waals surface area contributed by atoms with Crippen molar-refractivity contribution < 1.29 is 4.79 Å². The maximum atomic E-state index is 11.5. The third kappa shape index (κ3) is 3.00. The Kier molecular flexibility index (Phi) is 4.47. The lowest BCUT2D eigenvalue weighted by molar-refractivity contribution is -0.108. The summed E-state index contributed by atoms with van der Waals surface area (Å²) in [7, 11) is 1.89. The van der Waals surface area contributed by atoms with Crippen molar-refractivity contribution in [2.45, 2.75) is 38.1 Å². The van der Waals surface area contributed by atoms with E-state index < -0.39 is 0 Å². The van der Waals surface area contributed by atoms with Crippen molar-refractivity contribution in [1.29, 1.82) is 5.26 Å². The Hall–Kier alpha value is -2.54. The standard InChI is InChI=1S/C19H21N3O/c1-21-18(13-20)11-12-19(21)15-7-9-17(10-8-15)22(14-23)16-5-3-2-4-6-16/h7-12,14,16H,2-6H2,1H3. The van der Waals surface area contributed by atoms with Crippen LogP contribution in [0.25, 0.3) is 11.3 Å². The average Bonchev–Trinajstić information content (AvgIpc) is 2.98. The molecule has 1 aromatic heterocycles. The molecule has 0 atom stereocenters. The van der Waals surface area contributed by atoms with Crippen LogP contribution in [0.15, 0.2) is 36.4 Å². The fourth-order valence-corrected chi connectivity index (χ4v) is 3.43. The topological polar surface area (TPSA) is 49.0 Å². The molecule has 1 heterocycles. The van der Waals surface area contributed by atoms with Gasteiger partial charge in [0.05, 0.1) is 0 Å². The maximum absolute atomic E-state index is 11.5. The van der Waals surface area contributed by atoms with Gasteiger partial charge in [-0.1, -0.05) is 31.4 Å². The number of nitriles is 1. The van der Waals surface area contributed by atoms with E-state index in [0.717, 1.165) is 36.2 Å². The van der Waals surface area contributed by atoms with Gasteiger partial charge in [0.15, 0.2) is 0 Å². The number of carbonyl (C=O) groups is 1. The molecular formula is C19H21N3O. The molecule has 0 spiro atoms. The molecule has 0 aliphatic heterocycles. The van der Waals surface area contributed by atoms with Crippen LogP contribution in [0.4, 0.5) is 5.69 Å². The zero-order valence-electron chi connectivity index (χ0n) is 13.4. The first-order chi connectivity index (χ1) is 11.2. The van der Waals surface area contributed by atoms with E-state index in [0.29, 0.717) is 11.7 Å². The molecule has 1 saturated carbocycles. The molecule has 118 valence electrons. The second-order valence-electron chi connectivity index (χ2n) is 6.13. The van der Waals surface area contributed by atoms with E-state index in [-0.39, 0.29) is 0 Å². The van der Waals surface area contributed by atoms with Crippen LogP contribution in [0.1, 0.15) is 37.8 Å². The quantitative estimate of drug-likeness (QED) is 0.805. The molecule has 2 aromatic rings. The van der Waals surface area contributed by atoms with Gasteiger partial charge in [0.1, 0.15) is 11.8 Å². The average molecular weight is 307 g/mol. The van der Waals surface area contributed by atoms with E-state index in [2.05, 4.69) is 6.07 Å². The molecule has 23 heavy (non-hydrogen) atoms. The van der Waals surface area contributed by atoms with Gasteiger partial charge in [-0.3, -0.25) is 4.79 Å². The summed E-state index contributed by atoms with van der Waals surface area (Å²) in [5, 5.41) is 9.06. The van der Waals surface area contributed by atoms with Crippen LogP contribution in [-0.4, -0.2) is 17.0 Å². The summed E-state index contributed by atoms with van der Waals surface area (Å²) in [4.78, 5) is 13.4. The summed E-state index contributed by atoms with van der Waals surface area (Å²) < 4.78 is 1.88. The van der Waals surface area contributed by atoms with Crippen molar-refractivity contribution in [2.75, 3.05) is 4.90 Å². The van der Waals surface area contributed by atoms with Gasteiger partial charge in [-0.05, 0) is 42.7 Å². The van der Waals surface area contributed by atoms with Gasteiger partial charge in [0.25, 0.3) is 0 Å². The molecule has 1 aliphatic rings. The highest BCUT2D eigenvalue weighted by molar-refractivity contribution is 5.77. The number of aromatic nitrogens is 1. The van der Waals surface area contributed by atoms with Gasteiger partial charge in [0, 0.05) is 24.5 Å². The van der Waals surface area contributed by atoms with Crippen molar-refractivity contribution in [1.82, 2.24) is 4.57 Å². The maximum Gasteiger partial charge on any atom is 0.214 e. The summed E-state index contributed by atoms with van der Waals surface area (Å²) in [6.45, 7) is 0. The molecule has 0 N–H and O–H groups in total. The Balaban J connectivity index is 1.84. The molecular weight excluding hydrogens is 286 g/mol. The first-order valence-corrected chi connectivity index (χ1v) is 8.14. The molecule has 0 saturated heterocycles. The summed E-state index contributed by atoms with van der Waals surface area (Å²) in [6.07, 6.45) is 6.81. The van der Waals surface area contributed by atoms with Crippen molar-refractivity contribution >= 4 is 12.1 Å². The number of carbonyl (C=O) groups excluding carboxylic acids is 1. The van der Waals surface area contributed by atoms with E-state index >= 15 is 0 Å². The van der Waals surface area contributed by atoms with E-state index in [1.165, 1.54) is 19.3 Å². The van der Waals surface area contributed by atoms with Crippen LogP contribution in [0.2, 0.25) is 0 Å². The predicted molar refractivity (Wildman–Crippen MR) is 91.0 cm³/mol. The Morgan fingerprint density at radius 2 is 1.83 bits per heavy atom. The van der Waals surface area contributed by atoms with Crippen LogP contribution in [-0.2, 0) is 11.8 Å². The number of hydrogen-bond donors (Lipinski definition) is 0. The number of benzene rings is 1. The Labute approximate surface area is 137 Å². The van der Waals surface area contributed by atoms with E-state index in [1.807, 2.05) is 52.9 Å². The minimum atomic E-state index is 0.326. The van der Waals surface area contributed by atoms with Gasteiger partial charge < -0.3 is 9.47 Å². The van der Waals surface area contributed by atoms with Crippen LogP contribution in [0, 0.1) is 11.3 Å². The second-order valence-corrected chi connectivity index (χ2v) is 6.13. The highest BCUT2D eigenvalue weighted by atomic mass is 16.1. The fraction of sp³-hybridized carbons (Fsp3) is 0.368. The zero-order chi connectivity index (χ0) is 16.2. The van der Waals surface area contributed by atoms with Crippen LogP contribution >= 0.6 is 0 Å². The first-order valence-electron chi connectivity index (χ1n) is 8.14. The molecule has 1 aromatic carbocycles. The first kappa shape index (κ1) is 15.4. The number of nitrogens with zero attached hydrogens (tertiary/aromatic N) is 3. The monoisotopic (exact) mass is 307 g/mol. The lowest BCUT2D eigenvalue weighted by Crippen LogP contribution is -2.35. The van der Waals surface area contributed by atoms with Gasteiger partial charge in [-0.2, -0.15) is 5.26 Å².